The van der Waals surface area contributed by atoms with E-state index in [4.69, 9.17) is 37.0 Å². The number of unbranched alkanes of at least 4 members (excludes halogenated alkanes) is 49. The molecule has 0 radical (unpaired) electrons. The quantitative estimate of drug-likeness (QED) is 0.0222. The van der Waals surface area contributed by atoms with Gasteiger partial charge in [0.25, 0.3) is 0 Å². The molecule has 19 heteroatoms. The van der Waals surface area contributed by atoms with Gasteiger partial charge in [0, 0.05) is 25.7 Å². The second kappa shape index (κ2) is 74.2. The van der Waals surface area contributed by atoms with Gasteiger partial charge in [0.05, 0.1) is 26.4 Å². The Kier molecular flexibility index (Phi) is 72.8. The highest BCUT2D eigenvalue weighted by Crippen LogP contribution is 2.45. The molecule has 103 heavy (non-hydrogen) atoms. The topological polar surface area (TPSA) is 237 Å². The minimum absolute atomic E-state index is 0.106. The van der Waals surface area contributed by atoms with Gasteiger partial charge < -0.3 is 33.8 Å². The van der Waals surface area contributed by atoms with Gasteiger partial charge in [-0.25, -0.2) is 9.13 Å². The summed E-state index contributed by atoms with van der Waals surface area (Å²) in [7, 11) is -9.93. The monoisotopic (exact) mass is 1510 g/mol. The Morgan fingerprint density at radius 1 is 0.282 bits per heavy atom. The van der Waals surface area contributed by atoms with E-state index >= 15 is 0 Å². The minimum Gasteiger partial charge on any atom is -0.462 e. The molecule has 0 bridgehead atoms. The zero-order chi connectivity index (χ0) is 75.8. The third-order valence-electron chi connectivity index (χ3n) is 20.0. The van der Waals surface area contributed by atoms with Crippen molar-refractivity contribution in [2.45, 2.75) is 458 Å². The van der Waals surface area contributed by atoms with E-state index in [1.165, 1.54) is 250 Å². The van der Waals surface area contributed by atoms with Crippen LogP contribution in [0.5, 0.6) is 0 Å². The minimum atomic E-state index is -4.97. The van der Waals surface area contributed by atoms with Crippen LogP contribution in [0.3, 0.4) is 0 Å². The molecule has 0 aliphatic carbocycles. The lowest BCUT2D eigenvalue weighted by molar-refractivity contribution is -0.161. The normalized spacial score (nSPS) is 14.2. The van der Waals surface area contributed by atoms with Gasteiger partial charge in [0.15, 0.2) is 12.2 Å². The number of rotatable bonds is 82. The summed E-state index contributed by atoms with van der Waals surface area (Å²) in [5, 5.41) is 10.7. The molecule has 3 unspecified atom stereocenters. The molecule has 0 aliphatic rings. The first kappa shape index (κ1) is 101. The Morgan fingerprint density at radius 2 is 0.495 bits per heavy atom. The van der Waals surface area contributed by atoms with E-state index in [1.807, 2.05) is 0 Å². The first-order chi connectivity index (χ1) is 49.8. The Morgan fingerprint density at radius 3 is 0.738 bits per heavy atom. The number of phosphoric ester groups is 2. The molecule has 0 saturated heterocycles. The summed E-state index contributed by atoms with van der Waals surface area (Å²) in [6.07, 6.45) is 63.9. The van der Waals surface area contributed by atoms with Gasteiger partial charge in [0.1, 0.15) is 19.3 Å². The van der Waals surface area contributed by atoms with Crippen LogP contribution >= 0.6 is 15.6 Å². The number of ether oxygens (including phenoxy) is 4. The highest BCUT2D eigenvalue weighted by atomic mass is 31.2. The second-order valence-corrected chi connectivity index (χ2v) is 34.3. The zero-order valence-electron chi connectivity index (χ0n) is 67.8. The fourth-order valence-corrected chi connectivity index (χ4v) is 14.6. The summed E-state index contributed by atoms with van der Waals surface area (Å²) >= 11 is 0. The first-order valence-corrected chi connectivity index (χ1v) is 46.4. The molecule has 0 spiro atoms. The summed E-state index contributed by atoms with van der Waals surface area (Å²) < 4.78 is 68.8. The summed E-state index contributed by atoms with van der Waals surface area (Å²) in [6, 6.07) is 0. The molecule has 0 aliphatic heterocycles. The molecule has 0 amide bonds. The number of esters is 4. The van der Waals surface area contributed by atoms with Crippen molar-refractivity contribution < 1.29 is 80.2 Å². The second-order valence-electron chi connectivity index (χ2n) is 31.4. The largest absolute Gasteiger partial charge is 0.472 e. The predicted molar refractivity (Wildman–Crippen MR) is 423 cm³/mol. The van der Waals surface area contributed by atoms with Crippen LogP contribution in [-0.4, -0.2) is 96.7 Å². The maximum Gasteiger partial charge on any atom is 0.472 e. The third kappa shape index (κ3) is 76.6. The van der Waals surface area contributed by atoms with Crippen molar-refractivity contribution in [1.29, 1.82) is 0 Å². The van der Waals surface area contributed by atoms with Gasteiger partial charge in [-0.1, -0.05) is 389 Å². The predicted octanol–water partition coefficient (Wildman–Crippen LogP) is 25.3. The molecule has 3 N–H and O–H groups in total. The van der Waals surface area contributed by atoms with Crippen molar-refractivity contribution in [2.24, 2.45) is 17.8 Å². The molecule has 0 aromatic carbocycles. The maximum atomic E-state index is 13.1. The number of carbonyl (C=O) groups excluding carboxylic acids is 4. The number of hydrogen-bond acceptors (Lipinski definition) is 15. The van der Waals surface area contributed by atoms with Crippen molar-refractivity contribution in [2.75, 3.05) is 39.6 Å². The fraction of sp³-hybridized carbons (Fsp3) is 0.952. The molecule has 17 nitrogen and oxygen atoms in total. The maximum absolute atomic E-state index is 13.1. The smallest absolute Gasteiger partial charge is 0.462 e. The summed E-state index contributed by atoms with van der Waals surface area (Å²) in [5.74, 6) is 0.220. The fourth-order valence-electron chi connectivity index (χ4n) is 13.0. The standard InChI is InChI=1S/C84H164O17P2/c1-8-10-11-12-13-14-15-16-17-18-19-20-21-22-23-28-31-37-46-53-60-67-83(88)100-79(71-94-81(86)65-58-51-44-36-30-27-25-24-26-29-34-41-48-55-62-75(3)4)73-98-102(90,91)96-69-78(85)70-97-103(92,93)99-74-80(72-95-82(87)66-59-52-45-40-39-42-49-56-63-76(5)6)101-84(89)68-61-54-47-38-33-32-35-43-50-57-64-77(7)9-2/h75-80,85H,8-74H2,1-7H3,(H,90,91)(H,92,93)/t77?,78-,79-,80-/m1/s1. The summed E-state index contributed by atoms with van der Waals surface area (Å²) in [4.78, 5) is 73.1. The van der Waals surface area contributed by atoms with Gasteiger partial charge >= 0.3 is 39.5 Å². The molecule has 612 valence electrons. The van der Waals surface area contributed by atoms with Crippen molar-refractivity contribution in [3.05, 3.63) is 0 Å². The van der Waals surface area contributed by atoms with E-state index in [0.29, 0.717) is 25.7 Å². The Balaban J connectivity index is 5.24. The number of aliphatic hydroxyl groups is 1. The van der Waals surface area contributed by atoms with Crippen LogP contribution in [0.4, 0.5) is 0 Å². The van der Waals surface area contributed by atoms with Crippen LogP contribution in [0.2, 0.25) is 0 Å². The van der Waals surface area contributed by atoms with E-state index < -0.39 is 97.5 Å². The van der Waals surface area contributed by atoms with E-state index in [1.54, 1.807) is 0 Å². The average Bonchev–Trinajstić information content (AvgIpc) is 1.38. The van der Waals surface area contributed by atoms with Crippen molar-refractivity contribution in [1.82, 2.24) is 0 Å². The molecule has 0 aromatic rings. The summed E-state index contributed by atoms with van der Waals surface area (Å²) in [6.45, 7) is 12.0. The third-order valence-corrected chi connectivity index (χ3v) is 21.9. The molecule has 0 fully saturated rings. The van der Waals surface area contributed by atoms with E-state index in [9.17, 15) is 43.2 Å². The SMILES string of the molecule is CCCCCCCCCCCCCCCCCCCCCCCC(=O)O[C@H](COC(=O)CCCCCCCCCCCCCCCCC(C)C)COP(=O)(O)OC[C@@H](O)COP(=O)(O)OC[C@@H](COC(=O)CCCCCCCCCCC(C)C)OC(=O)CCCCCCCCCCCCC(C)CC. The van der Waals surface area contributed by atoms with Gasteiger partial charge in [-0.2, -0.15) is 0 Å². The Bertz CT molecular complexity index is 1990. The lowest BCUT2D eigenvalue weighted by Gasteiger charge is -2.21. The molecule has 0 saturated carbocycles. The van der Waals surface area contributed by atoms with E-state index in [0.717, 1.165) is 108 Å². The molecule has 0 rings (SSSR count). The van der Waals surface area contributed by atoms with Crippen molar-refractivity contribution >= 4 is 39.5 Å². The lowest BCUT2D eigenvalue weighted by Crippen LogP contribution is -2.30. The highest BCUT2D eigenvalue weighted by molar-refractivity contribution is 7.47. The Labute approximate surface area is 632 Å². The van der Waals surface area contributed by atoms with E-state index in [2.05, 4.69) is 48.5 Å². The molecular formula is C84H164O17P2. The molecular weight excluding hydrogens is 1340 g/mol. The zero-order valence-corrected chi connectivity index (χ0v) is 69.6. The van der Waals surface area contributed by atoms with Gasteiger partial charge in [-0.3, -0.25) is 37.3 Å². The van der Waals surface area contributed by atoms with Crippen molar-refractivity contribution in [3.63, 3.8) is 0 Å². The molecule has 0 heterocycles. The van der Waals surface area contributed by atoms with Gasteiger partial charge in [-0.15, -0.1) is 0 Å². The van der Waals surface area contributed by atoms with Crippen LogP contribution in [-0.2, 0) is 65.4 Å². The van der Waals surface area contributed by atoms with Crippen LogP contribution < -0.4 is 0 Å². The van der Waals surface area contributed by atoms with Crippen LogP contribution in [0.15, 0.2) is 0 Å². The first-order valence-electron chi connectivity index (χ1n) is 43.4. The highest BCUT2D eigenvalue weighted by Gasteiger charge is 2.30. The van der Waals surface area contributed by atoms with Crippen LogP contribution in [0.1, 0.15) is 440 Å². The number of carbonyl (C=O) groups is 4. The van der Waals surface area contributed by atoms with E-state index in [-0.39, 0.29) is 25.7 Å². The van der Waals surface area contributed by atoms with Crippen LogP contribution in [0, 0.1) is 17.8 Å². The van der Waals surface area contributed by atoms with Gasteiger partial charge in [0.2, 0.25) is 0 Å². The number of aliphatic hydroxyl groups excluding tert-OH is 1. The number of phosphoric acid groups is 2. The average molecular weight is 1510 g/mol. The molecule has 0 aromatic heterocycles. The number of hydrogen-bond donors (Lipinski definition) is 3. The summed E-state index contributed by atoms with van der Waals surface area (Å²) in [5.41, 5.74) is 0. The van der Waals surface area contributed by atoms with Gasteiger partial charge in [-0.05, 0) is 43.4 Å². The van der Waals surface area contributed by atoms with Crippen LogP contribution in [0.25, 0.3) is 0 Å². The Hall–Kier alpha value is -1.94. The molecule has 6 atom stereocenters. The lowest BCUT2D eigenvalue weighted by atomic mass is 9.99. The van der Waals surface area contributed by atoms with Crippen molar-refractivity contribution in [3.8, 4) is 0 Å².